The number of hydrogen-bond acceptors (Lipinski definition) is 2. The first-order valence-electron chi connectivity index (χ1n) is 8.06. The third-order valence-electron chi connectivity index (χ3n) is 5.85. The minimum absolute atomic E-state index is 0.685. The minimum Gasteiger partial charge on any atom is -0.370 e. The number of aromatic nitrogens is 1. The molecule has 0 radical (unpaired) electrons. The van der Waals surface area contributed by atoms with Crippen LogP contribution in [0.1, 0.15) is 44.9 Å². The van der Waals surface area contributed by atoms with Gasteiger partial charge in [0.05, 0.1) is 0 Å². The number of hydrogen-bond donors (Lipinski definition) is 1. The second-order valence-corrected chi connectivity index (χ2v) is 8.70. The molecule has 0 unspecified atom stereocenters. The normalized spacial score (nSPS) is 38.1. The molecule has 108 valence electrons. The molecule has 1 aromatic rings. The molecule has 2 nitrogen and oxygen atoms in total. The van der Waals surface area contributed by atoms with Gasteiger partial charge < -0.3 is 5.32 Å². The topological polar surface area (TPSA) is 24.9 Å². The summed E-state index contributed by atoms with van der Waals surface area (Å²) in [6, 6.07) is 4.22. The summed E-state index contributed by atoms with van der Waals surface area (Å²) in [7, 11) is 0. The molecule has 0 amide bonds. The predicted molar refractivity (Wildman–Crippen MR) is 90.7 cm³/mol. The number of nitrogens with one attached hydrogen (secondary N) is 1. The maximum Gasteiger partial charge on any atom is 0.125 e. The number of pyridine rings is 1. The Morgan fingerprint density at radius 1 is 1.10 bits per heavy atom. The van der Waals surface area contributed by atoms with Crippen LogP contribution in [0.3, 0.4) is 0 Å². The van der Waals surface area contributed by atoms with Crippen molar-refractivity contribution in [1.82, 2.24) is 4.98 Å². The fourth-order valence-electron chi connectivity index (χ4n) is 5.53. The van der Waals surface area contributed by atoms with E-state index in [0.717, 1.165) is 30.1 Å². The Balaban J connectivity index is 1.36. The zero-order valence-electron chi connectivity index (χ0n) is 11.9. The van der Waals surface area contributed by atoms with Crippen LogP contribution in [-0.2, 0) is 0 Å². The van der Waals surface area contributed by atoms with Crippen LogP contribution in [0.15, 0.2) is 18.3 Å². The largest absolute Gasteiger partial charge is 0.370 e. The lowest BCUT2D eigenvalue weighted by atomic mass is 9.49. The van der Waals surface area contributed by atoms with Gasteiger partial charge in [-0.2, -0.15) is 0 Å². The fourth-order valence-corrected chi connectivity index (χ4v) is 5.85. The highest BCUT2D eigenvalue weighted by molar-refractivity contribution is 14.1. The molecule has 4 fully saturated rings. The van der Waals surface area contributed by atoms with Gasteiger partial charge in [-0.15, -0.1) is 0 Å². The molecule has 4 aliphatic rings. The first-order chi connectivity index (χ1) is 9.71. The number of anilines is 1. The summed E-state index contributed by atoms with van der Waals surface area (Å²) in [5.74, 6) is 4.24. The second-order valence-electron chi connectivity index (χ2n) is 7.46. The highest BCUT2D eigenvalue weighted by Gasteiger charge is 2.50. The Morgan fingerprint density at radius 3 is 2.30 bits per heavy atom. The number of nitrogens with zero attached hydrogens (tertiary/aromatic N) is 1. The van der Waals surface area contributed by atoms with E-state index in [2.05, 4.69) is 45.0 Å². The lowest BCUT2D eigenvalue weighted by Gasteiger charge is -2.57. The molecule has 4 bridgehead atoms. The van der Waals surface area contributed by atoms with Gasteiger partial charge in [-0.05, 0) is 103 Å². The van der Waals surface area contributed by atoms with E-state index in [0.29, 0.717) is 5.41 Å². The molecule has 1 N–H and O–H groups in total. The summed E-state index contributed by atoms with van der Waals surface area (Å²) in [5.41, 5.74) is 0.685. The van der Waals surface area contributed by atoms with Gasteiger partial charge in [0.1, 0.15) is 5.82 Å². The minimum atomic E-state index is 0.685. The predicted octanol–water partition coefficient (Wildman–Crippen LogP) is 4.70. The average molecular weight is 382 g/mol. The van der Waals surface area contributed by atoms with Crippen LogP contribution in [0.2, 0.25) is 0 Å². The molecule has 1 aromatic heterocycles. The molecule has 4 saturated carbocycles. The van der Waals surface area contributed by atoms with Crippen LogP contribution in [-0.4, -0.2) is 11.5 Å². The molecule has 20 heavy (non-hydrogen) atoms. The van der Waals surface area contributed by atoms with E-state index >= 15 is 0 Å². The first-order valence-corrected chi connectivity index (χ1v) is 9.14. The Labute approximate surface area is 135 Å². The summed E-state index contributed by atoms with van der Waals surface area (Å²) < 4.78 is 1.20. The van der Waals surface area contributed by atoms with Crippen molar-refractivity contribution in [1.29, 1.82) is 0 Å². The Bertz CT molecular complexity index is 447. The van der Waals surface area contributed by atoms with Gasteiger partial charge in [-0.25, -0.2) is 4.98 Å². The van der Waals surface area contributed by atoms with Gasteiger partial charge in [0, 0.05) is 16.3 Å². The molecule has 0 aliphatic heterocycles. The van der Waals surface area contributed by atoms with Gasteiger partial charge in [-0.1, -0.05) is 0 Å². The van der Waals surface area contributed by atoms with Crippen molar-refractivity contribution in [2.45, 2.75) is 44.9 Å². The van der Waals surface area contributed by atoms with Crippen molar-refractivity contribution in [3.05, 3.63) is 21.9 Å². The van der Waals surface area contributed by atoms with Crippen LogP contribution in [0.4, 0.5) is 5.82 Å². The Hall–Kier alpha value is -0.320. The van der Waals surface area contributed by atoms with Crippen molar-refractivity contribution in [2.24, 2.45) is 23.2 Å². The summed E-state index contributed by atoms with van der Waals surface area (Å²) in [5, 5.41) is 3.53. The van der Waals surface area contributed by atoms with Crippen molar-refractivity contribution in [3.8, 4) is 0 Å². The molecule has 0 atom stereocenters. The van der Waals surface area contributed by atoms with Crippen molar-refractivity contribution >= 4 is 28.4 Å². The number of rotatable bonds is 4. The monoisotopic (exact) mass is 382 g/mol. The van der Waals surface area contributed by atoms with Gasteiger partial charge in [0.2, 0.25) is 0 Å². The zero-order valence-corrected chi connectivity index (χ0v) is 14.1. The maximum atomic E-state index is 4.44. The van der Waals surface area contributed by atoms with Crippen LogP contribution < -0.4 is 5.32 Å². The van der Waals surface area contributed by atoms with Crippen LogP contribution in [0, 0.1) is 26.7 Å². The van der Waals surface area contributed by atoms with E-state index in [-0.39, 0.29) is 0 Å². The van der Waals surface area contributed by atoms with Crippen molar-refractivity contribution in [2.75, 3.05) is 11.9 Å². The summed E-state index contributed by atoms with van der Waals surface area (Å²) in [6.07, 6.45) is 12.5. The Kier molecular flexibility index (Phi) is 3.44. The lowest BCUT2D eigenvalue weighted by molar-refractivity contribution is -0.0552. The third-order valence-corrected chi connectivity index (χ3v) is 6.49. The molecule has 3 heteroatoms. The summed E-state index contributed by atoms with van der Waals surface area (Å²) in [4.78, 5) is 4.44. The van der Waals surface area contributed by atoms with E-state index in [4.69, 9.17) is 0 Å². The third kappa shape index (κ3) is 2.58. The molecule has 0 aromatic carbocycles. The van der Waals surface area contributed by atoms with Crippen LogP contribution >= 0.6 is 22.6 Å². The quantitative estimate of drug-likeness (QED) is 0.764. The van der Waals surface area contributed by atoms with E-state index < -0.39 is 0 Å². The fraction of sp³-hybridized carbons (Fsp3) is 0.706. The standard InChI is InChI=1S/C17H23IN2/c18-15-1-2-16(20-11-15)19-4-3-17-8-12-5-13(9-17)7-14(6-12)10-17/h1-2,11-14H,3-10H2,(H,19,20). The van der Waals surface area contributed by atoms with Gasteiger partial charge in [0.15, 0.2) is 0 Å². The number of halogens is 1. The highest BCUT2D eigenvalue weighted by Crippen LogP contribution is 2.61. The molecular weight excluding hydrogens is 359 g/mol. The SMILES string of the molecule is Ic1ccc(NCCC23CC4CC(CC(C4)C2)C3)nc1. The Morgan fingerprint density at radius 2 is 1.75 bits per heavy atom. The highest BCUT2D eigenvalue weighted by atomic mass is 127. The van der Waals surface area contributed by atoms with Crippen molar-refractivity contribution < 1.29 is 0 Å². The van der Waals surface area contributed by atoms with Crippen LogP contribution in [0.5, 0.6) is 0 Å². The first kappa shape index (κ1) is 13.4. The molecule has 0 saturated heterocycles. The van der Waals surface area contributed by atoms with Crippen molar-refractivity contribution in [3.63, 3.8) is 0 Å². The van der Waals surface area contributed by atoms with E-state index in [1.54, 1.807) is 19.3 Å². The zero-order chi connectivity index (χ0) is 13.6. The van der Waals surface area contributed by atoms with E-state index in [1.165, 1.54) is 29.3 Å². The summed E-state index contributed by atoms with van der Waals surface area (Å²) in [6.45, 7) is 1.10. The molecule has 4 aliphatic carbocycles. The van der Waals surface area contributed by atoms with Crippen LogP contribution in [0.25, 0.3) is 0 Å². The molecule has 0 spiro atoms. The second kappa shape index (κ2) is 5.15. The lowest BCUT2D eigenvalue weighted by Crippen LogP contribution is -2.46. The summed E-state index contributed by atoms with van der Waals surface area (Å²) >= 11 is 2.30. The maximum absolute atomic E-state index is 4.44. The molecule has 5 rings (SSSR count). The van der Waals surface area contributed by atoms with Gasteiger partial charge in [-0.3, -0.25) is 0 Å². The molecule has 1 heterocycles. The van der Waals surface area contributed by atoms with Gasteiger partial charge >= 0.3 is 0 Å². The smallest absolute Gasteiger partial charge is 0.125 e. The van der Waals surface area contributed by atoms with E-state index in [9.17, 15) is 0 Å². The molecular formula is C17H23IN2. The average Bonchev–Trinajstić information content (AvgIpc) is 2.39. The van der Waals surface area contributed by atoms with Gasteiger partial charge in [0.25, 0.3) is 0 Å². The van der Waals surface area contributed by atoms with E-state index in [1.807, 2.05) is 6.20 Å².